The fourth-order valence-corrected chi connectivity index (χ4v) is 7.53. The molecule has 10 aromatic rings. The van der Waals surface area contributed by atoms with Gasteiger partial charge in [-0.05, 0) is 89.4 Å². The Hall–Kier alpha value is -6.44. The molecule has 9 aromatic carbocycles. The van der Waals surface area contributed by atoms with E-state index < -0.39 is 12.1 Å². The van der Waals surface area contributed by atoms with Gasteiger partial charge >= 0.3 is 0 Å². The van der Waals surface area contributed by atoms with E-state index in [1.165, 1.54) is 0 Å². The van der Waals surface area contributed by atoms with Crippen molar-refractivity contribution >= 4 is 54.3 Å². The van der Waals surface area contributed by atoms with Crippen LogP contribution >= 0.6 is 0 Å². The summed E-state index contributed by atoms with van der Waals surface area (Å²) in [4.78, 5) is 0. The highest BCUT2D eigenvalue weighted by Crippen LogP contribution is 2.48. The molecule has 0 saturated heterocycles. The Morgan fingerprint density at radius 3 is 1.61 bits per heavy atom. The lowest BCUT2D eigenvalue weighted by Gasteiger charge is -2.20. The standard InChI is InChI=1S/C48H30O/c1-3-15-31(16-4-1)35-20-9-10-22-37(35)46-40-25-13-11-23-38(40)45(39-24-12-14-26-41(39)46)34-29-42(32-17-5-2-6-18-32)48-43(30-34)47-36-21-8-7-19-33(36)27-28-44(47)49-48/h1-30H/i7D,8D,19D,21D,27D,28D. The van der Waals surface area contributed by atoms with Gasteiger partial charge in [0.2, 0.25) is 0 Å². The third-order valence-electron chi connectivity index (χ3n) is 9.61. The van der Waals surface area contributed by atoms with Gasteiger partial charge in [-0.15, -0.1) is 0 Å². The van der Waals surface area contributed by atoms with Crippen LogP contribution in [-0.4, -0.2) is 0 Å². The Kier molecular flexibility index (Phi) is 5.02. The molecule has 0 unspecified atom stereocenters. The van der Waals surface area contributed by atoms with E-state index in [0.29, 0.717) is 16.4 Å². The molecule has 1 heteroatoms. The van der Waals surface area contributed by atoms with E-state index in [9.17, 15) is 0 Å². The molecule has 0 aliphatic heterocycles. The van der Waals surface area contributed by atoms with Crippen LogP contribution in [0, 0.1) is 0 Å². The maximum absolute atomic E-state index is 9.05. The zero-order chi connectivity index (χ0) is 37.5. The number of furan rings is 1. The van der Waals surface area contributed by atoms with E-state index in [2.05, 4.69) is 103 Å². The number of fused-ring (bicyclic) bond motifs is 7. The summed E-state index contributed by atoms with van der Waals surface area (Å²) in [5.74, 6) is 0. The molecule has 0 atom stereocenters. The van der Waals surface area contributed by atoms with E-state index in [0.717, 1.165) is 66.1 Å². The predicted octanol–water partition coefficient (Wildman–Crippen LogP) is 13.7. The quantitative estimate of drug-likeness (QED) is 0.177. The van der Waals surface area contributed by atoms with Crippen LogP contribution in [0.2, 0.25) is 0 Å². The molecule has 0 aliphatic carbocycles. The van der Waals surface area contributed by atoms with Gasteiger partial charge in [0.05, 0.1) is 8.22 Å². The zero-order valence-electron chi connectivity index (χ0n) is 32.3. The summed E-state index contributed by atoms with van der Waals surface area (Å²) in [6.45, 7) is 0. The predicted molar refractivity (Wildman–Crippen MR) is 208 cm³/mol. The molecule has 228 valence electrons. The molecule has 10 rings (SSSR count). The second-order valence-electron chi connectivity index (χ2n) is 12.3. The molecule has 1 heterocycles. The summed E-state index contributed by atoms with van der Waals surface area (Å²) < 4.78 is 59.3. The molecule has 0 saturated carbocycles. The van der Waals surface area contributed by atoms with Crippen molar-refractivity contribution in [2.75, 3.05) is 0 Å². The lowest BCUT2D eigenvalue weighted by Crippen LogP contribution is -1.93. The fraction of sp³-hybridized carbons (Fsp3) is 0. The van der Waals surface area contributed by atoms with E-state index in [-0.39, 0.29) is 40.5 Å². The van der Waals surface area contributed by atoms with Crippen LogP contribution in [0.5, 0.6) is 0 Å². The number of benzene rings is 9. The molecule has 0 amide bonds. The monoisotopic (exact) mass is 628 g/mol. The van der Waals surface area contributed by atoms with Crippen molar-refractivity contribution in [1.29, 1.82) is 0 Å². The molecule has 1 nitrogen and oxygen atoms in total. The van der Waals surface area contributed by atoms with Crippen molar-refractivity contribution in [2.45, 2.75) is 0 Å². The Labute approximate surface area is 292 Å². The highest BCUT2D eigenvalue weighted by Gasteiger charge is 2.22. The van der Waals surface area contributed by atoms with Gasteiger partial charge in [-0.1, -0.05) is 164 Å². The Morgan fingerprint density at radius 2 is 0.939 bits per heavy atom. The summed E-state index contributed by atoms with van der Waals surface area (Å²) in [7, 11) is 0. The van der Waals surface area contributed by atoms with Crippen LogP contribution < -0.4 is 0 Å². The van der Waals surface area contributed by atoms with Gasteiger partial charge in [0.25, 0.3) is 0 Å². The van der Waals surface area contributed by atoms with Gasteiger partial charge < -0.3 is 4.42 Å². The van der Waals surface area contributed by atoms with E-state index in [1.807, 2.05) is 42.5 Å². The maximum Gasteiger partial charge on any atom is 0.143 e. The van der Waals surface area contributed by atoms with Crippen molar-refractivity contribution in [3.8, 4) is 44.5 Å². The third-order valence-corrected chi connectivity index (χ3v) is 9.61. The van der Waals surface area contributed by atoms with Gasteiger partial charge in [0, 0.05) is 16.3 Å². The first-order valence-electron chi connectivity index (χ1n) is 19.4. The summed E-state index contributed by atoms with van der Waals surface area (Å²) in [5, 5.41) is 5.48. The molecular weight excluding hydrogens is 593 g/mol. The minimum absolute atomic E-state index is 0.00944. The Balaban J connectivity index is 1.38. The summed E-state index contributed by atoms with van der Waals surface area (Å²) in [5.41, 5.74) is 8.70. The topological polar surface area (TPSA) is 13.1 Å². The highest BCUT2D eigenvalue weighted by molar-refractivity contribution is 6.25. The molecule has 0 aliphatic rings. The van der Waals surface area contributed by atoms with Crippen LogP contribution in [-0.2, 0) is 0 Å². The minimum Gasteiger partial charge on any atom is -0.455 e. The third kappa shape index (κ3) is 4.33. The van der Waals surface area contributed by atoms with Gasteiger partial charge in [-0.25, -0.2) is 0 Å². The first kappa shape index (κ1) is 22.2. The normalized spacial score (nSPS) is 13.4. The van der Waals surface area contributed by atoms with Crippen LogP contribution in [0.3, 0.4) is 0 Å². The summed E-state index contributed by atoms with van der Waals surface area (Å²) >= 11 is 0. The molecule has 0 spiro atoms. The first-order chi connectivity index (χ1) is 26.8. The average molecular weight is 629 g/mol. The SMILES string of the molecule is [2H]c1c([2H])c([2H])c2c(c1[2H])c([2H])c([2H])c1oc3c(-c4ccccc4)cc(-c4c5ccccc5c(-c5ccccc5-c5ccccc5)c5ccccc45)cc3c12. The largest absolute Gasteiger partial charge is 0.455 e. The number of hydrogen-bond acceptors (Lipinski definition) is 1. The van der Waals surface area contributed by atoms with E-state index >= 15 is 0 Å². The van der Waals surface area contributed by atoms with Crippen molar-refractivity contribution in [2.24, 2.45) is 0 Å². The van der Waals surface area contributed by atoms with Crippen LogP contribution in [0.15, 0.2) is 186 Å². The lowest BCUT2D eigenvalue weighted by molar-refractivity contribution is 0.670. The molecule has 0 radical (unpaired) electrons. The first-order valence-corrected chi connectivity index (χ1v) is 16.4. The second kappa shape index (κ2) is 11.1. The van der Waals surface area contributed by atoms with Crippen LogP contribution in [0.1, 0.15) is 8.22 Å². The van der Waals surface area contributed by atoms with Gasteiger partial charge in [-0.2, -0.15) is 0 Å². The summed E-state index contributed by atoms with van der Waals surface area (Å²) in [6.07, 6.45) is 0. The van der Waals surface area contributed by atoms with E-state index in [1.54, 1.807) is 0 Å². The van der Waals surface area contributed by atoms with Crippen molar-refractivity contribution in [1.82, 2.24) is 0 Å². The average Bonchev–Trinajstić information content (AvgIpc) is 3.62. The fourth-order valence-electron chi connectivity index (χ4n) is 7.53. The zero-order valence-corrected chi connectivity index (χ0v) is 26.3. The maximum atomic E-state index is 9.05. The van der Waals surface area contributed by atoms with Crippen molar-refractivity contribution in [3.63, 3.8) is 0 Å². The van der Waals surface area contributed by atoms with Crippen LogP contribution in [0.4, 0.5) is 0 Å². The van der Waals surface area contributed by atoms with Gasteiger partial charge in [-0.3, -0.25) is 0 Å². The van der Waals surface area contributed by atoms with Crippen molar-refractivity contribution < 1.29 is 12.6 Å². The molecule has 49 heavy (non-hydrogen) atoms. The van der Waals surface area contributed by atoms with E-state index in [4.69, 9.17) is 12.6 Å². The second-order valence-corrected chi connectivity index (χ2v) is 12.3. The van der Waals surface area contributed by atoms with Crippen molar-refractivity contribution in [3.05, 3.63) is 182 Å². The molecule has 0 bridgehead atoms. The van der Waals surface area contributed by atoms with Gasteiger partial charge in [0.1, 0.15) is 11.2 Å². The number of hydrogen-bond donors (Lipinski definition) is 0. The lowest BCUT2D eigenvalue weighted by atomic mass is 9.83. The van der Waals surface area contributed by atoms with Crippen LogP contribution in [0.25, 0.3) is 98.8 Å². The smallest absolute Gasteiger partial charge is 0.143 e. The number of rotatable bonds is 4. The molecular formula is C48H30O. The summed E-state index contributed by atoms with van der Waals surface area (Å²) in [6, 6.07) is 48.0. The Bertz CT molecular complexity index is 3150. The molecule has 0 N–H and O–H groups in total. The molecule has 1 aromatic heterocycles. The minimum atomic E-state index is -0.435. The Morgan fingerprint density at radius 1 is 0.388 bits per heavy atom. The molecule has 0 fully saturated rings. The highest BCUT2D eigenvalue weighted by atomic mass is 16.3. The van der Waals surface area contributed by atoms with Gasteiger partial charge in [0.15, 0.2) is 0 Å².